The Hall–Kier alpha value is -1.23. The summed E-state index contributed by atoms with van der Waals surface area (Å²) in [7, 11) is 0. The lowest BCUT2D eigenvalue weighted by Gasteiger charge is -1.95. The Labute approximate surface area is 67.3 Å². The monoisotopic (exact) mass is 169 g/mol. The molecule has 0 aliphatic rings. The number of hydrogen-bond donors (Lipinski definition) is 3. The van der Waals surface area contributed by atoms with Gasteiger partial charge in [0.05, 0.1) is 0 Å². The number of nitrogens with one attached hydrogen (secondary N) is 2. The van der Waals surface area contributed by atoms with Gasteiger partial charge in [0.15, 0.2) is 5.17 Å². The molecule has 1 rings (SSSR count). The third-order valence-electron chi connectivity index (χ3n) is 0.983. The second kappa shape index (κ2) is 3.25. The first-order chi connectivity index (χ1) is 5.18. The van der Waals surface area contributed by atoms with Gasteiger partial charge in [0.25, 0.3) is 0 Å². The molecule has 0 aromatic carbocycles. The molecule has 4 nitrogen and oxygen atoms in total. The van der Waals surface area contributed by atoms with Crippen LogP contribution in [0.1, 0.15) is 0 Å². The van der Waals surface area contributed by atoms with Crippen LogP contribution in [-0.4, -0.2) is 10.2 Å². The van der Waals surface area contributed by atoms with Crippen molar-refractivity contribution in [3.8, 4) is 0 Å². The zero-order valence-corrected chi connectivity index (χ0v) is 6.44. The highest BCUT2D eigenvalue weighted by Crippen LogP contribution is 2.12. The second-order valence-electron chi connectivity index (χ2n) is 1.85. The van der Waals surface area contributed by atoms with E-state index in [1.807, 2.05) is 0 Å². The third-order valence-corrected chi connectivity index (χ3v) is 1.69. The Balaban J connectivity index is 2.82. The van der Waals surface area contributed by atoms with Crippen LogP contribution in [0.5, 0.6) is 0 Å². The predicted octanol–water partition coefficient (Wildman–Crippen LogP) is 0.360. The average molecular weight is 169 g/mol. The van der Waals surface area contributed by atoms with Crippen molar-refractivity contribution in [3.05, 3.63) is 28.7 Å². The fourth-order valence-corrected chi connectivity index (χ4v) is 1.09. The van der Waals surface area contributed by atoms with E-state index in [1.54, 1.807) is 6.07 Å². The van der Waals surface area contributed by atoms with E-state index in [0.29, 0.717) is 0 Å². The molecule has 0 bridgehead atoms. The van der Waals surface area contributed by atoms with Crippen LogP contribution in [0, 0.1) is 5.41 Å². The zero-order chi connectivity index (χ0) is 8.27. The van der Waals surface area contributed by atoms with Crippen molar-refractivity contribution in [2.45, 2.75) is 4.90 Å². The minimum atomic E-state index is -0.155. The quantitative estimate of drug-likeness (QED) is 0.322. The Morgan fingerprint density at radius 2 is 2.36 bits per heavy atom. The summed E-state index contributed by atoms with van der Waals surface area (Å²) in [6.45, 7) is 0. The summed E-state index contributed by atoms with van der Waals surface area (Å²) in [4.78, 5) is 13.8. The molecule has 0 saturated carbocycles. The lowest BCUT2D eigenvalue weighted by atomic mass is 10.5. The number of thioether (sulfide) groups is 1. The van der Waals surface area contributed by atoms with Gasteiger partial charge in [-0.3, -0.25) is 10.2 Å². The number of H-pyrrole nitrogens is 1. The van der Waals surface area contributed by atoms with E-state index in [1.165, 1.54) is 12.3 Å². The van der Waals surface area contributed by atoms with Crippen LogP contribution < -0.4 is 11.3 Å². The smallest absolute Gasteiger partial charge is 0.247 e. The maximum Gasteiger partial charge on any atom is 0.247 e. The van der Waals surface area contributed by atoms with Crippen molar-refractivity contribution in [2.24, 2.45) is 5.73 Å². The summed E-state index contributed by atoms with van der Waals surface area (Å²) in [5, 5.41) is 6.95. The number of pyridine rings is 1. The normalized spacial score (nSPS) is 9.45. The SMILES string of the molecule is N=C(N)Sc1ccc(=O)[nH]c1. The fraction of sp³-hybridized carbons (Fsp3) is 0. The molecule has 0 fully saturated rings. The van der Waals surface area contributed by atoms with Gasteiger partial charge in [-0.15, -0.1) is 0 Å². The third kappa shape index (κ3) is 2.46. The van der Waals surface area contributed by atoms with Crippen LogP contribution in [0.25, 0.3) is 0 Å². The first-order valence-corrected chi connectivity index (χ1v) is 3.71. The first-order valence-electron chi connectivity index (χ1n) is 2.89. The van der Waals surface area contributed by atoms with Gasteiger partial charge >= 0.3 is 0 Å². The highest BCUT2D eigenvalue weighted by molar-refractivity contribution is 8.13. The molecular weight excluding hydrogens is 162 g/mol. The number of hydrogen-bond acceptors (Lipinski definition) is 3. The molecule has 0 radical (unpaired) electrons. The minimum absolute atomic E-state index is 0.0112. The summed E-state index contributed by atoms with van der Waals surface area (Å²) < 4.78 is 0. The molecule has 0 amide bonds. The van der Waals surface area contributed by atoms with Gasteiger partial charge in [-0.2, -0.15) is 0 Å². The van der Waals surface area contributed by atoms with Gasteiger partial charge in [-0.1, -0.05) is 11.8 Å². The molecule has 4 N–H and O–H groups in total. The summed E-state index contributed by atoms with van der Waals surface area (Å²) in [5.74, 6) is 0. The van der Waals surface area contributed by atoms with Crippen LogP contribution in [-0.2, 0) is 0 Å². The Morgan fingerprint density at radius 3 is 2.82 bits per heavy atom. The van der Waals surface area contributed by atoms with Crippen molar-refractivity contribution < 1.29 is 0 Å². The minimum Gasteiger partial charge on any atom is -0.378 e. The zero-order valence-electron chi connectivity index (χ0n) is 5.63. The molecule has 0 unspecified atom stereocenters. The second-order valence-corrected chi connectivity index (χ2v) is 2.97. The van der Waals surface area contributed by atoms with Crippen LogP contribution >= 0.6 is 11.8 Å². The summed E-state index contributed by atoms with van der Waals surface area (Å²) in [6, 6.07) is 3.01. The lowest BCUT2D eigenvalue weighted by molar-refractivity contribution is 1.17. The van der Waals surface area contributed by atoms with Crippen molar-refractivity contribution in [3.63, 3.8) is 0 Å². The number of aromatic amines is 1. The van der Waals surface area contributed by atoms with E-state index in [2.05, 4.69) is 4.98 Å². The van der Waals surface area contributed by atoms with Crippen LogP contribution in [0.2, 0.25) is 0 Å². The van der Waals surface area contributed by atoms with Gasteiger partial charge in [0.1, 0.15) is 0 Å². The van der Waals surface area contributed by atoms with E-state index in [9.17, 15) is 4.79 Å². The number of nitrogens with two attached hydrogens (primary N) is 1. The molecule has 0 aliphatic carbocycles. The van der Waals surface area contributed by atoms with Crippen LogP contribution in [0.15, 0.2) is 28.0 Å². The fourth-order valence-electron chi connectivity index (χ4n) is 0.587. The van der Waals surface area contributed by atoms with E-state index >= 15 is 0 Å². The average Bonchev–Trinajstić information content (AvgIpc) is 1.93. The molecule has 11 heavy (non-hydrogen) atoms. The molecule has 1 heterocycles. The lowest BCUT2D eigenvalue weighted by Crippen LogP contribution is -2.05. The Kier molecular flexibility index (Phi) is 2.32. The molecule has 5 heteroatoms. The van der Waals surface area contributed by atoms with Crippen molar-refractivity contribution in [2.75, 3.05) is 0 Å². The maximum absolute atomic E-state index is 10.6. The molecule has 0 saturated heterocycles. The van der Waals surface area contributed by atoms with Crippen LogP contribution in [0.3, 0.4) is 0 Å². The number of amidine groups is 1. The molecule has 0 spiro atoms. The predicted molar refractivity (Wildman–Crippen MR) is 44.8 cm³/mol. The van der Waals surface area contributed by atoms with Crippen molar-refractivity contribution >= 4 is 16.9 Å². The highest BCUT2D eigenvalue weighted by Gasteiger charge is 1.94. The van der Waals surface area contributed by atoms with Gasteiger partial charge in [-0.05, 0) is 6.07 Å². The summed E-state index contributed by atoms with van der Waals surface area (Å²) in [5.41, 5.74) is 4.96. The van der Waals surface area contributed by atoms with E-state index < -0.39 is 0 Å². The van der Waals surface area contributed by atoms with Crippen molar-refractivity contribution in [1.29, 1.82) is 5.41 Å². The van der Waals surface area contributed by atoms with Gasteiger partial charge in [0, 0.05) is 17.2 Å². The summed E-state index contributed by atoms with van der Waals surface area (Å²) >= 11 is 1.10. The molecule has 1 aromatic rings. The largest absolute Gasteiger partial charge is 0.378 e. The summed E-state index contributed by atoms with van der Waals surface area (Å²) in [6.07, 6.45) is 1.52. The molecule has 0 aliphatic heterocycles. The molecule has 58 valence electrons. The number of aromatic nitrogens is 1. The molecule has 0 atom stereocenters. The maximum atomic E-state index is 10.6. The standard InChI is InChI=1S/C6H7N3OS/c7-6(8)11-4-1-2-5(10)9-3-4/h1-3H,(H3,7,8)(H,9,10). The van der Waals surface area contributed by atoms with E-state index in [-0.39, 0.29) is 10.7 Å². The van der Waals surface area contributed by atoms with Crippen molar-refractivity contribution in [1.82, 2.24) is 4.98 Å². The first kappa shape index (κ1) is 7.87. The van der Waals surface area contributed by atoms with Gasteiger partial charge in [-0.25, -0.2) is 0 Å². The van der Waals surface area contributed by atoms with Crippen LogP contribution in [0.4, 0.5) is 0 Å². The Morgan fingerprint density at radius 1 is 1.64 bits per heavy atom. The topological polar surface area (TPSA) is 82.7 Å². The molecule has 1 aromatic heterocycles. The highest BCUT2D eigenvalue weighted by atomic mass is 32.2. The van der Waals surface area contributed by atoms with Gasteiger partial charge in [0.2, 0.25) is 5.56 Å². The molecular formula is C6H7N3OS. The Bertz CT molecular complexity index is 299. The van der Waals surface area contributed by atoms with Gasteiger partial charge < -0.3 is 10.7 Å². The number of rotatable bonds is 1. The van der Waals surface area contributed by atoms with E-state index in [4.69, 9.17) is 11.1 Å². The van der Waals surface area contributed by atoms with E-state index in [0.717, 1.165) is 16.7 Å².